The first-order valence-electron chi connectivity index (χ1n) is 5.07. The van der Waals surface area contributed by atoms with Crippen molar-refractivity contribution in [1.82, 2.24) is 0 Å². The van der Waals surface area contributed by atoms with Crippen LogP contribution in [0.4, 0.5) is 0 Å². The van der Waals surface area contributed by atoms with Crippen LogP contribution in [0.3, 0.4) is 0 Å². The van der Waals surface area contributed by atoms with Crippen molar-refractivity contribution in [2.75, 3.05) is 0 Å². The second kappa shape index (κ2) is 7.35. The van der Waals surface area contributed by atoms with E-state index in [2.05, 4.69) is 26.8 Å². The van der Waals surface area contributed by atoms with Gasteiger partial charge in [-0.15, -0.1) is 0 Å². The van der Waals surface area contributed by atoms with Gasteiger partial charge in [0.05, 0.1) is 6.10 Å². The van der Waals surface area contributed by atoms with Gasteiger partial charge in [0.25, 0.3) is 0 Å². The van der Waals surface area contributed by atoms with Crippen LogP contribution in [0.25, 0.3) is 0 Å². The minimum Gasteiger partial charge on any atom is -0.389 e. The van der Waals surface area contributed by atoms with Crippen LogP contribution >= 0.6 is 0 Å². The van der Waals surface area contributed by atoms with Gasteiger partial charge in [-0.05, 0) is 12.3 Å². The maximum atomic E-state index is 9.53. The van der Waals surface area contributed by atoms with Crippen LogP contribution < -0.4 is 0 Å². The Morgan fingerprint density at radius 2 is 2.00 bits per heavy atom. The van der Waals surface area contributed by atoms with Crippen molar-refractivity contribution in [2.45, 2.75) is 52.6 Å². The standard InChI is InChI=1S/C11H22O/c1-4-6-7-8-9-11(12)10(3)5-2/h8-12H,4-7H2,1-3H3. The molecule has 0 heterocycles. The molecule has 12 heavy (non-hydrogen) atoms. The number of rotatable bonds is 6. The summed E-state index contributed by atoms with van der Waals surface area (Å²) in [4.78, 5) is 0. The Kier molecular flexibility index (Phi) is 7.17. The second-order valence-corrected chi connectivity index (χ2v) is 3.45. The van der Waals surface area contributed by atoms with E-state index in [1.54, 1.807) is 0 Å². The third-order valence-corrected chi connectivity index (χ3v) is 2.28. The largest absolute Gasteiger partial charge is 0.389 e. The lowest BCUT2D eigenvalue weighted by atomic mass is 10.0. The maximum Gasteiger partial charge on any atom is 0.0746 e. The van der Waals surface area contributed by atoms with Crippen LogP contribution in [0.2, 0.25) is 0 Å². The zero-order valence-corrected chi connectivity index (χ0v) is 8.59. The molecule has 2 unspecified atom stereocenters. The van der Waals surface area contributed by atoms with Crippen LogP contribution in [0.15, 0.2) is 12.2 Å². The van der Waals surface area contributed by atoms with E-state index in [1.807, 2.05) is 6.08 Å². The van der Waals surface area contributed by atoms with Crippen LogP contribution in [0.5, 0.6) is 0 Å². The Morgan fingerprint density at radius 3 is 2.50 bits per heavy atom. The van der Waals surface area contributed by atoms with E-state index in [1.165, 1.54) is 12.8 Å². The van der Waals surface area contributed by atoms with Crippen molar-refractivity contribution in [3.05, 3.63) is 12.2 Å². The fourth-order valence-electron chi connectivity index (χ4n) is 0.989. The number of unbranched alkanes of at least 4 members (excludes halogenated alkanes) is 2. The molecule has 0 radical (unpaired) electrons. The fourth-order valence-corrected chi connectivity index (χ4v) is 0.989. The van der Waals surface area contributed by atoms with Gasteiger partial charge < -0.3 is 5.11 Å². The van der Waals surface area contributed by atoms with E-state index in [9.17, 15) is 5.11 Å². The van der Waals surface area contributed by atoms with Crippen molar-refractivity contribution < 1.29 is 5.11 Å². The molecule has 0 aromatic rings. The Morgan fingerprint density at radius 1 is 1.33 bits per heavy atom. The average Bonchev–Trinajstić information content (AvgIpc) is 2.10. The quantitative estimate of drug-likeness (QED) is 0.479. The van der Waals surface area contributed by atoms with Crippen molar-refractivity contribution in [3.8, 4) is 0 Å². The van der Waals surface area contributed by atoms with Gasteiger partial charge in [0.1, 0.15) is 0 Å². The van der Waals surface area contributed by atoms with E-state index >= 15 is 0 Å². The highest BCUT2D eigenvalue weighted by molar-refractivity contribution is 4.90. The smallest absolute Gasteiger partial charge is 0.0746 e. The van der Waals surface area contributed by atoms with E-state index < -0.39 is 0 Å². The van der Waals surface area contributed by atoms with Gasteiger partial charge in [-0.3, -0.25) is 0 Å². The Hall–Kier alpha value is -0.300. The molecular formula is C11H22O. The molecule has 0 saturated carbocycles. The molecule has 0 spiro atoms. The first kappa shape index (κ1) is 11.7. The van der Waals surface area contributed by atoms with Crippen molar-refractivity contribution >= 4 is 0 Å². The first-order valence-corrected chi connectivity index (χ1v) is 5.07. The molecule has 0 amide bonds. The molecule has 0 fully saturated rings. The zero-order valence-electron chi connectivity index (χ0n) is 8.59. The summed E-state index contributed by atoms with van der Waals surface area (Å²) in [6, 6.07) is 0. The summed E-state index contributed by atoms with van der Waals surface area (Å²) < 4.78 is 0. The number of aliphatic hydroxyl groups excluding tert-OH is 1. The minimum absolute atomic E-state index is 0.244. The molecule has 0 saturated heterocycles. The number of aliphatic hydroxyl groups is 1. The Balaban J connectivity index is 3.52. The molecule has 1 nitrogen and oxygen atoms in total. The molecule has 1 N–H and O–H groups in total. The van der Waals surface area contributed by atoms with Crippen molar-refractivity contribution in [3.63, 3.8) is 0 Å². The molecule has 0 aromatic heterocycles. The van der Waals surface area contributed by atoms with Crippen molar-refractivity contribution in [2.24, 2.45) is 5.92 Å². The van der Waals surface area contributed by atoms with Gasteiger partial charge in [0.15, 0.2) is 0 Å². The van der Waals surface area contributed by atoms with Gasteiger partial charge in [0, 0.05) is 0 Å². The van der Waals surface area contributed by atoms with E-state index in [0.29, 0.717) is 5.92 Å². The SMILES string of the molecule is CCCCC=CC(O)C(C)CC. The number of hydrogen-bond acceptors (Lipinski definition) is 1. The molecule has 0 aromatic carbocycles. The molecule has 2 atom stereocenters. The fraction of sp³-hybridized carbons (Fsp3) is 0.818. The zero-order chi connectivity index (χ0) is 9.40. The third kappa shape index (κ3) is 5.36. The van der Waals surface area contributed by atoms with Crippen LogP contribution in [0.1, 0.15) is 46.5 Å². The first-order chi connectivity index (χ1) is 5.72. The van der Waals surface area contributed by atoms with E-state index in [4.69, 9.17) is 0 Å². The molecule has 1 heteroatoms. The average molecular weight is 170 g/mol. The number of allylic oxidation sites excluding steroid dienone is 1. The topological polar surface area (TPSA) is 20.2 Å². The lowest BCUT2D eigenvalue weighted by Crippen LogP contribution is -2.13. The summed E-state index contributed by atoms with van der Waals surface area (Å²) in [5.41, 5.74) is 0. The molecular weight excluding hydrogens is 148 g/mol. The summed E-state index contributed by atoms with van der Waals surface area (Å²) >= 11 is 0. The Bertz CT molecular complexity index is 118. The van der Waals surface area contributed by atoms with Gasteiger partial charge in [-0.25, -0.2) is 0 Å². The predicted molar refractivity (Wildman–Crippen MR) is 54.1 cm³/mol. The summed E-state index contributed by atoms with van der Waals surface area (Å²) in [5, 5.41) is 9.53. The monoisotopic (exact) mass is 170 g/mol. The third-order valence-electron chi connectivity index (χ3n) is 2.28. The normalized spacial score (nSPS) is 16.7. The summed E-state index contributed by atoms with van der Waals surface area (Å²) in [5.74, 6) is 0.392. The Labute approximate surface area is 76.5 Å². The van der Waals surface area contributed by atoms with Gasteiger partial charge in [-0.2, -0.15) is 0 Å². The van der Waals surface area contributed by atoms with E-state index in [0.717, 1.165) is 12.8 Å². The van der Waals surface area contributed by atoms with Crippen LogP contribution in [0, 0.1) is 5.92 Å². The van der Waals surface area contributed by atoms with Crippen LogP contribution in [-0.4, -0.2) is 11.2 Å². The highest BCUT2D eigenvalue weighted by Gasteiger charge is 2.06. The predicted octanol–water partition coefficient (Wildman–Crippen LogP) is 3.14. The molecule has 0 rings (SSSR count). The minimum atomic E-state index is -0.244. The number of hydrogen-bond donors (Lipinski definition) is 1. The maximum absolute atomic E-state index is 9.53. The van der Waals surface area contributed by atoms with Gasteiger partial charge in [0.2, 0.25) is 0 Å². The van der Waals surface area contributed by atoms with Crippen molar-refractivity contribution in [1.29, 1.82) is 0 Å². The van der Waals surface area contributed by atoms with Gasteiger partial charge >= 0.3 is 0 Å². The van der Waals surface area contributed by atoms with E-state index in [-0.39, 0.29) is 6.10 Å². The highest BCUT2D eigenvalue weighted by atomic mass is 16.3. The molecule has 0 bridgehead atoms. The van der Waals surface area contributed by atoms with Gasteiger partial charge in [-0.1, -0.05) is 52.2 Å². The highest BCUT2D eigenvalue weighted by Crippen LogP contribution is 2.09. The molecule has 0 aliphatic rings. The summed E-state index contributed by atoms with van der Waals surface area (Å²) in [7, 11) is 0. The molecule has 72 valence electrons. The summed E-state index contributed by atoms with van der Waals surface area (Å²) in [6.07, 6.45) is 8.38. The summed E-state index contributed by atoms with van der Waals surface area (Å²) in [6.45, 7) is 6.36. The molecule has 0 aliphatic carbocycles. The van der Waals surface area contributed by atoms with Crippen LogP contribution in [-0.2, 0) is 0 Å². The lowest BCUT2D eigenvalue weighted by Gasteiger charge is -2.12. The lowest BCUT2D eigenvalue weighted by molar-refractivity contribution is 0.159. The second-order valence-electron chi connectivity index (χ2n) is 3.45. The molecule has 0 aliphatic heterocycles.